The van der Waals surface area contributed by atoms with Crippen LogP contribution in [0.1, 0.15) is 11.1 Å². The van der Waals surface area contributed by atoms with Crippen LogP contribution >= 0.6 is 0 Å². The van der Waals surface area contributed by atoms with Crippen molar-refractivity contribution in [3.8, 4) is 0 Å². The zero-order valence-electron chi connectivity index (χ0n) is 13.7. The molecular formula is C19H23N3O. The Morgan fingerprint density at radius 3 is 2.13 bits per heavy atom. The third-order valence-electron chi connectivity index (χ3n) is 4.16. The minimum atomic E-state index is -0.0114. The zero-order chi connectivity index (χ0) is 16.2. The van der Waals surface area contributed by atoms with Crippen molar-refractivity contribution in [3.63, 3.8) is 0 Å². The SMILES string of the molecule is Cc1cc(C)cc(NC(=O)N2CCN(c3ccccc3)CC2)c1. The minimum Gasteiger partial charge on any atom is -0.368 e. The summed E-state index contributed by atoms with van der Waals surface area (Å²) in [5.74, 6) is 0. The summed E-state index contributed by atoms with van der Waals surface area (Å²) in [5.41, 5.74) is 4.42. The molecule has 2 aromatic rings. The van der Waals surface area contributed by atoms with Crippen LogP contribution in [0.25, 0.3) is 0 Å². The Kier molecular flexibility index (Phi) is 4.51. The average molecular weight is 309 g/mol. The van der Waals surface area contributed by atoms with Gasteiger partial charge in [-0.25, -0.2) is 4.79 Å². The smallest absolute Gasteiger partial charge is 0.321 e. The fourth-order valence-electron chi connectivity index (χ4n) is 3.06. The molecular weight excluding hydrogens is 286 g/mol. The molecule has 4 heteroatoms. The highest BCUT2D eigenvalue weighted by Gasteiger charge is 2.21. The van der Waals surface area contributed by atoms with Crippen LogP contribution in [0.15, 0.2) is 48.5 Å². The third kappa shape index (κ3) is 3.83. The lowest BCUT2D eigenvalue weighted by molar-refractivity contribution is 0.208. The monoisotopic (exact) mass is 309 g/mol. The number of rotatable bonds is 2. The van der Waals surface area contributed by atoms with E-state index in [2.05, 4.69) is 40.5 Å². The summed E-state index contributed by atoms with van der Waals surface area (Å²) in [7, 11) is 0. The van der Waals surface area contributed by atoms with Gasteiger partial charge in [-0.3, -0.25) is 0 Å². The Labute approximate surface area is 137 Å². The molecule has 0 aliphatic carbocycles. The van der Waals surface area contributed by atoms with Crippen molar-refractivity contribution in [1.82, 2.24) is 4.90 Å². The summed E-state index contributed by atoms with van der Waals surface area (Å²) in [6, 6.07) is 16.5. The number of hydrogen-bond donors (Lipinski definition) is 1. The van der Waals surface area contributed by atoms with E-state index in [0.29, 0.717) is 0 Å². The largest absolute Gasteiger partial charge is 0.368 e. The molecule has 1 saturated heterocycles. The van der Waals surface area contributed by atoms with E-state index in [0.717, 1.165) is 43.0 Å². The van der Waals surface area contributed by atoms with Crippen LogP contribution in [0.5, 0.6) is 0 Å². The highest BCUT2D eigenvalue weighted by atomic mass is 16.2. The van der Waals surface area contributed by atoms with E-state index in [9.17, 15) is 4.79 Å². The fraction of sp³-hybridized carbons (Fsp3) is 0.316. The van der Waals surface area contributed by atoms with Crippen LogP contribution in [0.4, 0.5) is 16.2 Å². The van der Waals surface area contributed by atoms with Crippen molar-refractivity contribution < 1.29 is 4.79 Å². The number of piperazine rings is 1. The second-order valence-corrected chi connectivity index (χ2v) is 6.12. The average Bonchev–Trinajstić information content (AvgIpc) is 2.55. The fourth-order valence-corrected chi connectivity index (χ4v) is 3.06. The van der Waals surface area contributed by atoms with Crippen molar-refractivity contribution in [2.75, 3.05) is 36.4 Å². The number of urea groups is 1. The van der Waals surface area contributed by atoms with Crippen LogP contribution < -0.4 is 10.2 Å². The summed E-state index contributed by atoms with van der Waals surface area (Å²) in [6.07, 6.45) is 0. The molecule has 120 valence electrons. The number of benzene rings is 2. The van der Waals surface area contributed by atoms with Crippen molar-refractivity contribution in [2.45, 2.75) is 13.8 Å². The second-order valence-electron chi connectivity index (χ2n) is 6.12. The van der Waals surface area contributed by atoms with Gasteiger partial charge in [-0.2, -0.15) is 0 Å². The molecule has 0 spiro atoms. The quantitative estimate of drug-likeness (QED) is 0.919. The lowest BCUT2D eigenvalue weighted by atomic mass is 10.1. The number of carbonyl (C=O) groups is 1. The van der Waals surface area contributed by atoms with Gasteiger partial charge in [0.15, 0.2) is 0 Å². The van der Waals surface area contributed by atoms with Gasteiger partial charge in [0, 0.05) is 37.6 Å². The second kappa shape index (κ2) is 6.73. The Balaban J connectivity index is 1.58. The van der Waals surface area contributed by atoms with Crippen LogP contribution in [-0.4, -0.2) is 37.1 Å². The molecule has 1 heterocycles. The van der Waals surface area contributed by atoms with E-state index in [4.69, 9.17) is 0 Å². The van der Waals surface area contributed by atoms with E-state index in [1.807, 2.05) is 36.9 Å². The van der Waals surface area contributed by atoms with E-state index in [-0.39, 0.29) is 6.03 Å². The summed E-state index contributed by atoms with van der Waals surface area (Å²) >= 11 is 0. The van der Waals surface area contributed by atoms with Crippen LogP contribution in [0, 0.1) is 13.8 Å². The molecule has 4 nitrogen and oxygen atoms in total. The minimum absolute atomic E-state index is 0.0114. The molecule has 0 bridgehead atoms. The number of nitrogens with one attached hydrogen (secondary N) is 1. The molecule has 1 aliphatic rings. The molecule has 2 aromatic carbocycles. The third-order valence-corrected chi connectivity index (χ3v) is 4.16. The predicted octanol–water partition coefficient (Wildman–Crippen LogP) is 3.66. The summed E-state index contributed by atoms with van der Waals surface area (Å²) in [5, 5.41) is 3.02. The first-order chi connectivity index (χ1) is 11.1. The van der Waals surface area contributed by atoms with Gasteiger partial charge >= 0.3 is 6.03 Å². The highest BCUT2D eigenvalue weighted by molar-refractivity contribution is 5.89. The first kappa shape index (κ1) is 15.4. The van der Waals surface area contributed by atoms with E-state index in [1.165, 1.54) is 5.69 Å². The van der Waals surface area contributed by atoms with Gasteiger partial charge in [0.25, 0.3) is 0 Å². The first-order valence-corrected chi connectivity index (χ1v) is 8.06. The van der Waals surface area contributed by atoms with E-state index >= 15 is 0 Å². The van der Waals surface area contributed by atoms with Gasteiger partial charge in [-0.05, 0) is 49.2 Å². The molecule has 1 N–H and O–H groups in total. The van der Waals surface area contributed by atoms with Crippen molar-refractivity contribution in [3.05, 3.63) is 59.7 Å². The highest BCUT2D eigenvalue weighted by Crippen LogP contribution is 2.17. The maximum atomic E-state index is 12.4. The molecule has 23 heavy (non-hydrogen) atoms. The number of anilines is 2. The van der Waals surface area contributed by atoms with Crippen molar-refractivity contribution in [1.29, 1.82) is 0 Å². The summed E-state index contributed by atoms with van der Waals surface area (Å²) in [4.78, 5) is 16.6. The number of hydrogen-bond acceptors (Lipinski definition) is 2. The zero-order valence-corrected chi connectivity index (χ0v) is 13.7. The number of amides is 2. The molecule has 1 fully saturated rings. The predicted molar refractivity (Wildman–Crippen MR) is 95.2 cm³/mol. The van der Waals surface area contributed by atoms with Crippen molar-refractivity contribution in [2.24, 2.45) is 0 Å². The normalized spacial score (nSPS) is 14.7. The Hall–Kier alpha value is -2.49. The number of para-hydroxylation sites is 1. The maximum Gasteiger partial charge on any atom is 0.321 e. The molecule has 0 radical (unpaired) electrons. The molecule has 0 saturated carbocycles. The summed E-state index contributed by atoms with van der Waals surface area (Å²) < 4.78 is 0. The lowest BCUT2D eigenvalue weighted by Crippen LogP contribution is -2.50. The number of nitrogens with zero attached hydrogens (tertiary/aromatic N) is 2. The van der Waals surface area contributed by atoms with Crippen molar-refractivity contribution >= 4 is 17.4 Å². The van der Waals surface area contributed by atoms with Crippen LogP contribution in [-0.2, 0) is 0 Å². The number of carbonyl (C=O) groups excluding carboxylic acids is 1. The molecule has 0 atom stereocenters. The Morgan fingerprint density at radius 1 is 0.913 bits per heavy atom. The van der Waals surface area contributed by atoms with Crippen LogP contribution in [0.3, 0.4) is 0 Å². The number of aryl methyl sites for hydroxylation is 2. The van der Waals surface area contributed by atoms with Crippen LogP contribution in [0.2, 0.25) is 0 Å². The Morgan fingerprint density at radius 2 is 1.52 bits per heavy atom. The molecule has 1 aliphatic heterocycles. The van der Waals surface area contributed by atoms with Gasteiger partial charge in [0.05, 0.1) is 0 Å². The van der Waals surface area contributed by atoms with E-state index in [1.54, 1.807) is 0 Å². The van der Waals surface area contributed by atoms with Gasteiger partial charge < -0.3 is 15.1 Å². The first-order valence-electron chi connectivity index (χ1n) is 8.06. The van der Waals surface area contributed by atoms with Gasteiger partial charge in [-0.15, -0.1) is 0 Å². The van der Waals surface area contributed by atoms with Gasteiger partial charge in [0.2, 0.25) is 0 Å². The van der Waals surface area contributed by atoms with E-state index < -0.39 is 0 Å². The summed E-state index contributed by atoms with van der Waals surface area (Å²) in [6.45, 7) is 7.30. The molecule has 0 unspecified atom stereocenters. The molecule has 0 aromatic heterocycles. The Bertz CT molecular complexity index is 656. The van der Waals surface area contributed by atoms with Gasteiger partial charge in [0.1, 0.15) is 0 Å². The topological polar surface area (TPSA) is 35.6 Å². The maximum absolute atomic E-state index is 12.4. The molecule has 2 amide bonds. The van der Waals surface area contributed by atoms with Gasteiger partial charge in [-0.1, -0.05) is 24.3 Å². The molecule has 3 rings (SSSR count). The standard InChI is InChI=1S/C19H23N3O/c1-15-12-16(2)14-17(13-15)20-19(23)22-10-8-21(9-11-22)18-6-4-3-5-7-18/h3-7,12-14H,8-11H2,1-2H3,(H,20,23). The lowest BCUT2D eigenvalue weighted by Gasteiger charge is -2.36.